The van der Waals surface area contributed by atoms with Gasteiger partial charge in [-0.3, -0.25) is 0 Å². The molecule has 0 spiro atoms. The van der Waals surface area contributed by atoms with Gasteiger partial charge in [-0.25, -0.2) is 4.98 Å². The van der Waals surface area contributed by atoms with Crippen LogP contribution in [0.4, 0.5) is 5.95 Å². The first-order chi connectivity index (χ1) is 8.50. The fraction of sp³-hybridized carbons (Fsp3) is 0. The summed E-state index contributed by atoms with van der Waals surface area (Å²) in [5, 5.41) is 3.39. The minimum Gasteiger partial charge on any atom is -0.370 e. The van der Waals surface area contributed by atoms with Gasteiger partial charge in [0.2, 0.25) is 0 Å². The van der Waals surface area contributed by atoms with Crippen LogP contribution in [0.1, 0.15) is 0 Å². The molecule has 2 aromatic rings. The zero-order valence-corrected chi connectivity index (χ0v) is 9.82. The second-order valence-corrected chi connectivity index (χ2v) is 4.86. The van der Waals surface area contributed by atoms with Gasteiger partial charge in [-0.2, -0.15) is 27.6 Å². The standard InChI is InChI=1S/C8H9N7O2S/c9-7(10)14-8-11-4-2-6(13-8)18(16,17)15-5-1-3-12-15/h1-5H,(H4,9,10,11,13,14). The lowest BCUT2D eigenvalue weighted by atomic mass is 10.7. The van der Waals surface area contributed by atoms with Crippen LogP contribution in [0.15, 0.2) is 40.7 Å². The number of rotatable bonds is 3. The molecule has 0 aliphatic heterocycles. The number of hydrogen-bond donors (Lipinski definition) is 2. The summed E-state index contributed by atoms with van der Waals surface area (Å²) in [7, 11) is -3.85. The molecule has 0 radical (unpaired) electrons. The van der Waals surface area contributed by atoms with Crippen molar-refractivity contribution >= 4 is 21.9 Å². The van der Waals surface area contributed by atoms with Crippen LogP contribution in [0.25, 0.3) is 0 Å². The minimum atomic E-state index is -3.85. The molecule has 0 aromatic carbocycles. The van der Waals surface area contributed by atoms with E-state index in [4.69, 9.17) is 11.5 Å². The quantitative estimate of drug-likeness (QED) is 0.404. The molecule has 0 aliphatic carbocycles. The Morgan fingerprint density at radius 1 is 1.33 bits per heavy atom. The highest BCUT2D eigenvalue weighted by molar-refractivity contribution is 7.89. The van der Waals surface area contributed by atoms with E-state index >= 15 is 0 Å². The second kappa shape index (κ2) is 4.41. The molecule has 94 valence electrons. The normalized spacial score (nSPS) is 11.1. The van der Waals surface area contributed by atoms with Crippen molar-refractivity contribution in [2.24, 2.45) is 16.5 Å². The Hall–Kier alpha value is -2.49. The Morgan fingerprint density at radius 2 is 2.11 bits per heavy atom. The summed E-state index contributed by atoms with van der Waals surface area (Å²) in [6, 6.07) is 2.71. The molecular formula is C8H9N7O2S. The monoisotopic (exact) mass is 267 g/mol. The molecule has 2 heterocycles. The molecule has 0 saturated heterocycles. The van der Waals surface area contributed by atoms with Crippen LogP contribution in [0.3, 0.4) is 0 Å². The van der Waals surface area contributed by atoms with Crippen LogP contribution in [0, 0.1) is 0 Å². The van der Waals surface area contributed by atoms with Gasteiger partial charge in [-0.1, -0.05) is 0 Å². The van der Waals surface area contributed by atoms with Crippen LogP contribution in [0.5, 0.6) is 0 Å². The summed E-state index contributed by atoms with van der Waals surface area (Å²) in [5.74, 6) is -0.396. The van der Waals surface area contributed by atoms with Crippen molar-refractivity contribution in [3.8, 4) is 0 Å². The van der Waals surface area contributed by atoms with E-state index in [1.165, 1.54) is 30.7 Å². The van der Waals surface area contributed by atoms with Crippen molar-refractivity contribution in [3.63, 3.8) is 0 Å². The SMILES string of the molecule is NC(N)=Nc1nccc(S(=O)(=O)n2cccn2)n1. The topological polar surface area (TPSA) is 142 Å². The van der Waals surface area contributed by atoms with E-state index in [1.807, 2.05) is 0 Å². The average Bonchev–Trinajstić information content (AvgIpc) is 2.82. The molecule has 0 saturated carbocycles. The van der Waals surface area contributed by atoms with E-state index in [0.29, 0.717) is 0 Å². The molecular weight excluding hydrogens is 258 g/mol. The maximum absolute atomic E-state index is 12.0. The molecule has 18 heavy (non-hydrogen) atoms. The second-order valence-electron chi connectivity index (χ2n) is 3.12. The lowest BCUT2D eigenvalue weighted by Gasteiger charge is -2.03. The average molecular weight is 267 g/mol. The molecule has 0 atom stereocenters. The Kier molecular flexibility index (Phi) is 2.93. The van der Waals surface area contributed by atoms with Crippen LogP contribution < -0.4 is 11.5 Å². The highest BCUT2D eigenvalue weighted by Crippen LogP contribution is 2.12. The zero-order valence-electron chi connectivity index (χ0n) is 9.00. The first-order valence-corrected chi connectivity index (χ1v) is 6.12. The fourth-order valence-electron chi connectivity index (χ4n) is 1.14. The first-order valence-electron chi connectivity index (χ1n) is 4.68. The maximum Gasteiger partial charge on any atom is 0.300 e. The van der Waals surface area contributed by atoms with Crippen molar-refractivity contribution in [1.82, 2.24) is 19.2 Å². The Balaban J connectivity index is 2.50. The lowest BCUT2D eigenvalue weighted by Crippen LogP contribution is -2.22. The van der Waals surface area contributed by atoms with Crippen molar-refractivity contribution in [2.45, 2.75) is 5.03 Å². The van der Waals surface area contributed by atoms with E-state index in [-0.39, 0.29) is 16.9 Å². The molecule has 0 fully saturated rings. The van der Waals surface area contributed by atoms with Crippen LogP contribution in [-0.2, 0) is 10.0 Å². The number of aromatic nitrogens is 4. The largest absolute Gasteiger partial charge is 0.370 e. The molecule has 4 N–H and O–H groups in total. The first kappa shape index (κ1) is 12.0. The van der Waals surface area contributed by atoms with E-state index in [9.17, 15) is 8.42 Å². The third-order valence-corrected chi connectivity index (χ3v) is 3.30. The van der Waals surface area contributed by atoms with Gasteiger partial charge < -0.3 is 11.5 Å². The summed E-state index contributed by atoms with van der Waals surface area (Å²) in [4.78, 5) is 11.0. The molecule has 9 nitrogen and oxygen atoms in total. The van der Waals surface area contributed by atoms with Crippen LogP contribution in [0.2, 0.25) is 0 Å². The Morgan fingerprint density at radius 3 is 2.72 bits per heavy atom. The van der Waals surface area contributed by atoms with Crippen LogP contribution >= 0.6 is 0 Å². The van der Waals surface area contributed by atoms with Gasteiger partial charge >= 0.3 is 10.0 Å². The number of nitrogens with zero attached hydrogens (tertiary/aromatic N) is 5. The molecule has 10 heteroatoms. The van der Waals surface area contributed by atoms with E-state index in [0.717, 1.165) is 4.09 Å². The maximum atomic E-state index is 12.0. The number of guanidine groups is 1. The van der Waals surface area contributed by atoms with Gasteiger partial charge in [0.05, 0.1) is 6.20 Å². The number of nitrogens with two attached hydrogens (primary N) is 2. The smallest absolute Gasteiger partial charge is 0.300 e. The third-order valence-electron chi connectivity index (χ3n) is 1.84. The molecule has 2 rings (SSSR count). The highest BCUT2D eigenvalue weighted by atomic mass is 32.2. The minimum absolute atomic E-state index is 0.136. The van der Waals surface area contributed by atoms with E-state index in [2.05, 4.69) is 20.1 Å². The summed E-state index contributed by atoms with van der Waals surface area (Å²) in [5.41, 5.74) is 10.3. The summed E-state index contributed by atoms with van der Waals surface area (Å²) in [6.45, 7) is 0. The molecule has 2 aromatic heterocycles. The molecule has 0 bridgehead atoms. The van der Waals surface area contributed by atoms with Gasteiger partial charge in [0, 0.05) is 12.4 Å². The number of aliphatic imine (C=N–C) groups is 1. The van der Waals surface area contributed by atoms with E-state index in [1.54, 1.807) is 0 Å². The zero-order chi connectivity index (χ0) is 13.2. The third kappa shape index (κ3) is 2.27. The van der Waals surface area contributed by atoms with Gasteiger partial charge in [-0.05, 0) is 12.1 Å². The van der Waals surface area contributed by atoms with Crippen molar-refractivity contribution in [2.75, 3.05) is 0 Å². The molecule has 0 amide bonds. The predicted octanol–water partition coefficient (Wildman–Crippen LogP) is -1.18. The van der Waals surface area contributed by atoms with Gasteiger partial charge in [0.25, 0.3) is 5.95 Å². The Labute approximate surface area is 102 Å². The molecule has 0 aliphatic rings. The fourth-order valence-corrected chi connectivity index (χ4v) is 2.17. The predicted molar refractivity (Wildman–Crippen MR) is 62.3 cm³/mol. The van der Waals surface area contributed by atoms with Crippen LogP contribution in [-0.4, -0.2) is 33.5 Å². The van der Waals surface area contributed by atoms with Crippen molar-refractivity contribution in [1.29, 1.82) is 0 Å². The summed E-state index contributed by atoms with van der Waals surface area (Å²) in [6.07, 6.45) is 3.87. The highest BCUT2D eigenvalue weighted by Gasteiger charge is 2.19. The van der Waals surface area contributed by atoms with E-state index < -0.39 is 10.0 Å². The summed E-state index contributed by atoms with van der Waals surface area (Å²) < 4.78 is 24.9. The van der Waals surface area contributed by atoms with Gasteiger partial charge in [0.1, 0.15) is 0 Å². The summed E-state index contributed by atoms with van der Waals surface area (Å²) >= 11 is 0. The van der Waals surface area contributed by atoms with Crippen molar-refractivity contribution < 1.29 is 8.42 Å². The van der Waals surface area contributed by atoms with Gasteiger partial charge in [-0.15, -0.1) is 0 Å². The van der Waals surface area contributed by atoms with Gasteiger partial charge in [0.15, 0.2) is 11.0 Å². The van der Waals surface area contributed by atoms with Crippen molar-refractivity contribution in [3.05, 3.63) is 30.7 Å². The lowest BCUT2D eigenvalue weighted by molar-refractivity contribution is 0.576. The number of hydrogen-bond acceptors (Lipinski definition) is 6. The molecule has 0 unspecified atom stereocenters. The Bertz CT molecular complexity index is 673.